The van der Waals surface area contributed by atoms with Crippen molar-refractivity contribution in [2.45, 2.75) is 53.0 Å². The van der Waals surface area contributed by atoms with E-state index in [4.69, 9.17) is 5.26 Å². The van der Waals surface area contributed by atoms with Gasteiger partial charge in [-0.05, 0) is 40.5 Å². The normalized spacial score (nSPS) is 13.1. The van der Waals surface area contributed by atoms with E-state index in [1.807, 2.05) is 27.7 Å². The number of nitrogens with one attached hydrogen (secondary N) is 1. The molecule has 0 bridgehead atoms. The zero-order valence-corrected chi connectivity index (χ0v) is 12.6. The average Bonchev–Trinajstić information content (AvgIpc) is 2.23. The minimum atomic E-state index is -1.09. The molecule has 0 heterocycles. The fourth-order valence-electron chi connectivity index (χ4n) is 1.47. The number of amides is 1. The highest BCUT2D eigenvalue weighted by Gasteiger charge is 2.16. The Bertz CT molecular complexity index is 332. The molecule has 4 nitrogen and oxygen atoms in total. The maximum absolute atomic E-state index is 11.6. The smallest absolute Gasteiger partial charge is 0.232 e. The fraction of sp³-hybridized carbons (Fsp3) is 0.846. The number of rotatable bonds is 8. The number of hydrogen-bond acceptors (Lipinski definition) is 3. The molecule has 104 valence electrons. The molecular weight excluding hydrogens is 248 g/mol. The average molecular weight is 272 g/mol. The Labute approximate surface area is 113 Å². The molecule has 0 saturated carbocycles. The molecule has 5 heteroatoms. The molecule has 0 aliphatic carbocycles. The summed E-state index contributed by atoms with van der Waals surface area (Å²) in [5.74, 6) is 0.466. The van der Waals surface area contributed by atoms with Gasteiger partial charge in [-0.25, -0.2) is 0 Å². The van der Waals surface area contributed by atoms with E-state index >= 15 is 0 Å². The van der Waals surface area contributed by atoms with Crippen LogP contribution in [0.1, 0.15) is 47.0 Å². The van der Waals surface area contributed by atoms with Crippen LogP contribution in [-0.4, -0.2) is 27.7 Å². The molecule has 1 N–H and O–H groups in total. The molecule has 1 amide bonds. The number of carbonyl (C=O) groups excluding carboxylic acids is 1. The SMILES string of the molecule is CC(C)NC(=O)CS(=O)CCCCC(C)(C)C#N. The van der Waals surface area contributed by atoms with Gasteiger partial charge in [0.25, 0.3) is 0 Å². The Morgan fingerprint density at radius 3 is 2.50 bits per heavy atom. The maximum Gasteiger partial charge on any atom is 0.232 e. The van der Waals surface area contributed by atoms with Gasteiger partial charge in [0.05, 0.1) is 11.5 Å². The predicted octanol–water partition coefficient (Wildman–Crippen LogP) is 1.98. The predicted molar refractivity (Wildman–Crippen MR) is 74.4 cm³/mol. The largest absolute Gasteiger partial charge is 0.353 e. The minimum Gasteiger partial charge on any atom is -0.353 e. The van der Waals surface area contributed by atoms with E-state index in [-0.39, 0.29) is 23.1 Å². The van der Waals surface area contributed by atoms with Crippen LogP contribution in [0.2, 0.25) is 0 Å². The highest BCUT2D eigenvalue weighted by Crippen LogP contribution is 2.21. The van der Waals surface area contributed by atoms with Crippen LogP contribution in [0.5, 0.6) is 0 Å². The molecule has 18 heavy (non-hydrogen) atoms. The highest BCUT2D eigenvalue weighted by atomic mass is 32.2. The number of hydrogen-bond donors (Lipinski definition) is 1. The van der Waals surface area contributed by atoms with E-state index < -0.39 is 10.8 Å². The zero-order chi connectivity index (χ0) is 14.2. The second-order valence-electron chi connectivity index (χ2n) is 5.46. The molecule has 0 aromatic carbocycles. The van der Waals surface area contributed by atoms with Gasteiger partial charge in [-0.1, -0.05) is 6.42 Å². The molecule has 0 saturated heterocycles. The maximum atomic E-state index is 11.6. The second-order valence-corrected chi connectivity index (χ2v) is 7.04. The van der Waals surface area contributed by atoms with Crippen LogP contribution in [0, 0.1) is 16.7 Å². The summed E-state index contributed by atoms with van der Waals surface area (Å²) in [6.45, 7) is 7.57. The summed E-state index contributed by atoms with van der Waals surface area (Å²) >= 11 is 0. The summed E-state index contributed by atoms with van der Waals surface area (Å²) in [6, 6.07) is 2.33. The van der Waals surface area contributed by atoms with E-state index in [9.17, 15) is 9.00 Å². The number of carbonyl (C=O) groups is 1. The number of unbranched alkanes of at least 4 members (excludes halogenated alkanes) is 1. The van der Waals surface area contributed by atoms with Crippen molar-refractivity contribution in [1.82, 2.24) is 5.32 Å². The number of nitriles is 1. The topological polar surface area (TPSA) is 70.0 Å². The summed E-state index contributed by atoms with van der Waals surface area (Å²) in [6.07, 6.45) is 2.48. The van der Waals surface area contributed by atoms with Crippen molar-refractivity contribution in [2.24, 2.45) is 5.41 Å². The van der Waals surface area contributed by atoms with E-state index in [0.29, 0.717) is 5.75 Å². The molecule has 0 aliphatic rings. The molecule has 1 atom stereocenters. The van der Waals surface area contributed by atoms with Gasteiger partial charge < -0.3 is 5.32 Å². The molecule has 0 aliphatic heterocycles. The van der Waals surface area contributed by atoms with E-state index in [0.717, 1.165) is 19.3 Å². The van der Waals surface area contributed by atoms with Crippen molar-refractivity contribution in [1.29, 1.82) is 5.26 Å². The third kappa shape index (κ3) is 9.17. The van der Waals surface area contributed by atoms with Crippen LogP contribution in [0.4, 0.5) is 0 Å². The van der Waals surface area contributed by atoms with Crippen molar-refractivity contribution in [3.8, 4) is 6.07 Å². The Kier molecular flexibility index (Phi) is 7.85. The summed E-state index contributed by atoms with van der Waals surface area (Å²) in [7, 11) is -1.09. The lowest BCUT2D eigenvalue weighted by atomic mass is 9.89. The second kappa shape index (κ2) is 8.25. The molecular formula is C13H24N2O2S. The minimum absolute atomic E-state index is 0.0832. The zero-order valence-electron chi connectivity index (χ0n) is 11.8. The molecule has 1 unspecified atom stereocenters. The number of nitrogens with zero attached hydrogens (tertiary/aromatic N) is 1. The first kappa shape index (κ1) is 17.1. The van der Waals surface area contributed by atoms with Crippen LogP contribution in [0.3, 0.4) is 0 Å². The lowest BCUT2D eigenvalue weighted by Gasteiger charge is -2.14. The first-order valence-corrected chi connectivity index (χ1v) is 7.81. The van der Waals surface area contributed by atoms with Crippen molar-refractivity contribution in [3.63, 3.8) is 0 Å². The van der Waals surface area contributed by atoms with Gasteiger partial charge in [-0.3, -0.25) is 9.00 Å². The van der Waals surface area contributed by atoms with Crippen molar-refractivity contribution < 1.29 is 9.00 Å². The monoisotopic (exact) mass is 272 g/mol. The van der Waals surface area contributed by atoms with Crippen LogP contribution in [-0.2, 0) is 15.6 Å². The van der Waals surface area contributed by atoms with Gasteiger partial charge in [-0.15, -0.1) is 0 Å². The summed E-state index contributed by atoms with van der Waals surface area (Å²) in [5.41, 5.74) is -0.309. The standard InChI is InChI=1S/C13H24N2O2S/c1-11(2)15-12(16)9-18(17)8-6-5-7-13(3,4)10-14/h11H,5-9H2,1-4H3,(H,15,16). The van der Waals surface area contributed by atoms with Crippen LogP contribution in [0.15, 0.2) is 0 Å². The van der Waals surface area contributed by atoms with E-state index in [2.05, 4.69) is 11.4 Å². The van der Waals surface area contributed by atoms with Crippen molar-refractivity contribution >= 4 is 16.7 Å². The van der Waals surface area contributed by atoms with Gasteiger partial charge in [0.1, 0.15) is 5.75 Å². The fourth-order valence-corrected chi connectivity index (χ4v) is 2.51. The third-order valence-corrected chi connectivity index (χ3v) is 3.80. The van der Waals surface area contributed by atoms with Gasteiger partial charge in [0.2, 0.25) is 5.91 Å². The summed E-state index contributed by atoms with van der Waals surface area (Å²) < 4.78 is 11.6. The molecule has 0 fully saturated rings. The lowest BCUT2D eigenvalue weighted by Crippen LogP contribution is -2.34. The Morgan fingerprint density at radius 2 is 2.00 bits per heavy atom. The Balaban J connectivity index is 3.73. The Morgan fingerprint density at radius 1 is 1.39 bits per heavy atom. The van der Waals surface area contributed by atoms with Crippen molar-refractivity contribution in [2.75, 3.05) is 11.5 Å². The van der Waals surface area contributed by atoms with Crippen molar-refractivity contribution in [3.05, 3.63) is 0 Å². The van der Waals surface area contributed by atoms with Gasteiger partial charge in [-0.2, -0.15) is 5.26 Å². The van der Waals surface area contributed by atoms with Crippen LogP contribution >= 0.6 is 0 Å². The molecule has 0 radical (unpaired) electrons. The van der Waals surface area contributed by atoms with E-state index in [1.165, 1.54) is 0 Å². The van der Waals surface area contributed by atoms with Crippen LogP contribution in [0.25, 0.3) is 0 Å². The van der Waals surface area contributed by atoms with E-state index in [1.54, 1.807) is 0 Å². The first-order chi connectivity index (χ1) is 8.26. The Hall–Kier alpha value is -0.890. The molecule has 0 spiro atoms. The lowest BCUT2D eigenvalue weighted by molar-refractivity contribution is -0.119. The van der Waals surface area contributed by atoms with Gasteiger partial charge in [0, 0.05) is 22.6 Å². The molecule has 0 rings (SSSR count). The highest BCUT2D eigenvalue weighted by molar-refractivity contribution is 7.85. The third-order valence-electron chi connectivity index (χ3n) is 2.47. The first-order valence-electron chi connectivity index (χ1n) is 6.32. The quantitative estimate of drug-likeness (QED) is 0.687. The summed E-state index contributed by atoms with van der Waals surface area (Å²) in [4.78, 5) is 11.4. The molecule has 0 aromatic rings. The summed E-state index contributed by atoms with van der Waals surface area (Å²) in [5, 5.41) is 11.6. The molecule has 0 aromatic heterocycles. The van der Waals surface area contributed by atoms with Gasteiger partial charge >= 0.3 is 0 Å². The van der Waals surface area contributed by atoms with Crippen LogP contribution < -0.4 is 5.32 Å². The van der Waals surface area contributed by atoms with Gasteiger partial charge in [0.15, 0.2) is 0 Å².